The molecular formula is C11H7ClF2N2O2S. The van der Waals surface area contributed by atoms with E-state index in [0.29, 0.717) is 6.07 Å². The molecule has 100 valence electrons. The minimum absolute atomic E-state index is 0.0443. The highest BCUT2D eigenvalue weighted by atomic mass is 35.5. The Morgan fingerprint density at radius 3 is 2.63 bits per heavy atom. The summed E-state index contributed by atoms with van der Waals surface area (Å²) in [5, 5.41) is 0.0443. The van der Waals surface area contributed by atoms with Crippen LogP contribution >= 0.6 is 11.6 Å². The third-order valence-electron chi connectivity index (χ3n) is 2.17. The number of pyridine rings is 1. The number of aromatic nitrogens is 1. The molecule has 0 unspecified atom stereocenters. The highest BCUT2D eigenvalue weighted by Gasteiger charge is 2.21. The average molecular weight is 305 g/mol. The van der Waals surface area contributed by atoms with Gasteiger partial charge >= 0.3 is 0 Å². The van der Waals surface area contributed by atoms with Crippen molar-refractivity contribution >= 4 is 27.4 Å². The smallest absolute Gasteiger partial charge is 0.262 e. The molecule has 0 aliphatic heterocycles. The summed E-state index contributed by atoms with van der Waals surface area (Å²) in [5.41, 5.74) is 0. The third-order valence-corrected chi connectivity index (χ3v) is 3.83. The molecule has 4 nitrogen and oxygen atoms in total. The maximum absolute atomic E-state index is 13.4. The van der Waals surface area contributed by atoms with Gasteiger partial charge in [0.15, 0.2) is 5.82 Å². The minimum atomic E-state index is -4.30. The predicted octanol–water partition coefficient (Wildman–Crippen LogP) is 2.81. The molecule has 8 heteroatoms. The Bertz CT molecular complexity index is 722. The molecule has 2 aromatic rings. The molecule has 0 fully saturated rings. The van der Waals surface area contributed by atoms with E-state index in [1.54, 1.807) is 0 Å². The Kier molecular flexibility index (Phi) is 3.68. The summed E-state index contributed by atoms with van der Waals surface area (Å²) in [6.45, 7) is 0. The number of benzene rings is 1. The molecule has 1 aromatic heterocycles. The van der Waals surface area contributed by atoms with Crippen molar-refractivity contribution in [1.82, 2.24) is 4.98 Å². The molecule has 19 heavy (non-hydrogen) atoms. The molecule has 0 saturated heterocycles. The van der Waals surface area contributed by atoms with Crippen molar-refractivity contribution in [2.24, 2.45) is 0 Å². The van der Waals surface area contributed by atoms with Crippen LogP contribution in [0.4, 0.5) is 14.6 Å². The van der Waals surface area contributed by atoms with E-state index in [2.05, 4.69) is 4.98 Å². The maximum atomic E-state index is 13.4. The molecule has 2 rings (SSSR count). The van der Waals surface area contributed by atoms with Crippen molar-refractivity contribution in [2.75, 3.05) is 4.72 Å². The second kappa shape index (κ2) is 5.10. The summed E-state index contributed by atoms with van der Waals surface area (Å²) in [4.78, 5) is 2.89. The van der Waals surface area contributed by atoms with E-state index in [0.717, 1.165) is 12.1 Å². The summed E-state index contributed by atoms with van der Waals surface area (Å²) < 4.78 is 52.2. The first-order chi connectivity index (χ1) is 8.90. The van der Waals surface area contributed by atoms with Crippen molar-refractivity contribution in [3.05, 3.63) is 53.2 Å². The van der Waals surface area contributed by atoms with Crippen LogP contribution in [-0.4, -0.2) is 13.4 Å². The lowest BCUT2D eigenvalue weighted by molar-refractivity contribution is 0.555. The molecule has 0 amide bonds. The lowest BCUT2D eigenvalue weighted by Gasteiger charge is -2.09. The Morgan fingerprint density at radius 1 is 1.21 bits per heavy atom. The van der Waals surface area contributed by atoms with Gasteiger partial charge in [-0.1, -0.05) is 11.6 Å². The second-order valence-corrected chi connectivity index (χ2v) is 5.57. The minimum Gasteiger partial charge on any atom is -0.262 e. The van der Waals surface area contributed by atoms with Gasteiger partial charge in [-0.15, -0.1) is 0 Å². The van der Waals surface area contributed by atoms with E-state index >= 15 is 0 Å². The zero-order chi connectivity index (χ0) is 14.0. The number of nitrogens with zero attached hydrogens (tertiary/aromatic N) is 1. The van der Waals surface area contributed by atoms with Gasteiger partial charge in [-0.25, -0.2) is 22.2 Å². The van der Waals surface area contributed by atoms with E-state index in [9.17, 15) is 17.2 Å². The van der Waals surface area contributed by atoms with Crippen LogP contribution < -0.4 is 4.72 Å². The number of sulfonamides is 1. The molecule has 0 spiro atoms. The number of nitrogens with one attached hydrogen (secondary N) is 1. The number of anilines is 1. The first-order valence-electron chi connectivity index (χ1n) is 4.98. The number of hydrogen-bond donors (Lipinski definition) is 1. The Hall–Kier alpha value is -1.73. The predicted molar refractivity (Wildman–Crippen MR) is 66.4 cm³/mol. The molecule has 0 saturated carbocycles. The molecule has 0 bridgehead atoms. The topological polar surface area (TPSA) is 59.1 Å². The highest BCUT2D eigenvalue weighted by Crippen LogP contribution is 2.23. The van der Waals surface area contributed by atoms with Crippen LogP contribution in [0.3, 0.4) is 0 Å². The van der Waals surface area contributed by atoms with Gasteiger partial charge < -0.3 is 0 Å². The van der Waals surface area contributed by atoms with Gasteiger partial charge in [-0.05, 0) is 30.3 Å². The standard InChI is InChI=1S/C11H7ClF2N2O2S/c12-8-2-1-5-15-11(8)16-19(17,18)10-6-7(13)3-4-9(10)14/h1-6H,(H,15,16). The largest absolute Gasteiger partial charge is 0.266 e. The Balaban J connectivity index is 2.44. The van der Waals surface area contributed by atoms with E-state index in [1.807, 2.05) is 4.72 Å². The molecular weight excluding hydrogens is 298 g/mol. The number of halogens is 3. The first-order valence-corrected chi connectivity index (χ1v) is 6.84. The van der Waals surface area contributed by atoms with Crippen LogP contribution in [0, 0.1) is 11.6 Å². The quantitative estimate of drug-likeness (QED) is 0.948. The van der Waals surface area contributed by atoms with Gasteiger partial charge in [0.2, 0.25) is 0 Å². The van der Waals surface area contributed by atoms with Gasteiger partial charge in [0.05, 0.1) is 5.02 Å². The van der Waals surface area contributed by atoms with Crippen LogP contribution in [0.5, 0.6) is 0 Å². The molecule has 1 N–H and O–H groups in total. The summed E-state index contributed by atoms with van der Waals surface area (Å²) in [6.07, 6.45) is 1.31. The Morgan fingerprint density at radius 2 is 1.95 bits per heavy atom. The van der Waals surface area contributed by atoms with E-state index in [-0.39, 0.29) is 10.8 Å². The summed E-state index contributed by atoms with van der Waals surface area (Å²) in [6, 6.07) is 5.04. The molecule has 0 radical (unpaired) electrons. The summed E-state index contributed by atoms with van der Waals surface area (Å²) in [5.74, 6) is -2.09. The zero-order valence-electron chi connectivity index (χ0n) is 9.27. The molecule has 1 aromatic carbocycles. The number of rotatable bonds is 3. The van der Waals surface area contributed by atoms with Crippen molar-refractivity contribution < 1.29 is 17.2 Å². The van der Waals surface area contributed by atoms with Gasteiger partial charge in [0.25, 0.3) is 10.0 Å². The van der Waals surface area contributed by atoms with Crippen molar-refractivity contribution in [3.8, 4) is 0 Å². The normalized spacial score (nSPS) is 11.3. The van der Waals surface area contributed by atoms with E-state index in [1.165, 1.54) is 18.3 Å². The lowest BCUT2D eigenvalue weighted by atomic mass is 10.3. The van der Waals surface area contributed by atoms with Gasteiger partial charge in [-0.3, -0.25) is 4.72 Å². The molecule has 1 heterocycles. The van der Waals surface area contributed by atoms with E-state index in [4.69, 9.17) is 11.6 Å². The highest BCUT2D eigenvalue weighted by molar-refractivity contribution is 7.92. The van der Waals surface area contributed by atoms with Crippen LogP contribution in [0.25, 0.3) is 0 Å². The average Bonchev–Trinajstić information content (AvgIpc) is 2.35. The molecule has 0 aliphatic rings. The third kappa shape index (κ3) is 2.99. The second-order valence-electron chi connectivity index (χ2n) is 3.51. The van der Waals surface area contributed by atoms with Crippen molar-refractivity contribution in [3.63, 3.8) is 0 Å². The summed E-state index contributed by atoms with van der Waals surface area (Å²) in [7, 11) is -4.30. The van der Waals surface area contributed by atoms with Gasteiger partial charge in [0.1, 0.15) is 16.5 Å². The van der Waals surface area contributed by atoms with Crippen molar-refractivity contribution in [1.29, 1.82) is 0 Å². The monoisotopic (exact) mass is 304 g/mol. The van der Waals surface area contributed by atoms with Crippen LogP contribution in [0.15, 0.2) is 41.4 Å². The fourth-order valence-electron chi connectivity index (χ4n) is 1.33. The maximum Gasteiger partial charge on any atom is 0.266 e. The fourth-order valence-corrected chi connectivity index (χ4v) is 2.67. The van der Waals surface area contributed by atoms with Crippen LogP contribution in [0.1, 0.15) is 0 Å². The SMILES string of the molecule is O=S(=O)(Nc1ncccc1Cl)c1cc(F)ccc1F. The number of hydrogen-bond acceptors (Lipinski definition) is 3. The van der Waals surface area contributed by atoms with E-state index < -0.39 is 26.6 Å². The first kappa shape index (κ1) is 13.7. The molecule has 0 atom stereocenters. The summed E-state index contributed by atoms with van der Waals surface area (Å²) >= 11 is 5.73. The zero-order valence-corrected chi connectivity index (χ0v) is 10.8. The Labute approximate surface area is 113 Å². The fraction of sp³-hybridized carbons (Fsp3) is 0. The molecule has 0 aliphatic carbocycles. The van der Waals surface area contributed by atoms with Gasteiger partial charge in [-0.2, -0.15) is 0 Å². The van der Waals surface area contributed by atoms with Crippen LogP contribution in [-0.2, 0) is 10.0 Å². The lowest BCUT2D eigenvalue weighted by Crippen LogP contribution is -2.16. The van der Waals surface area contributed by atoms with Crippen LogP contribution in [0.2, 0.25) is 5.02 Å². The van der Waals surface area contributed by atoms with Crippen molar-refractivity contribution in [2.45, 2.75) is 4.90 Å². The van der Waals surface area contributed by atoms with Gasteiger partial charge in [0, 0.05) is 6.20 Å².